The third-order valence-corrected chi connectivity index (χ3v) is 8.38. The molecule has 0 saturated carbocycles. The number of carbonyl (C=O) groups excluding carboxylic acids is 1. The summed E-state index contributed by atoms with van der Waals surface area (Å²) >= 11 is 1.61. The van der Waals surface area contributed by atoms with E-state index in [1.54, 1.807) is 23.5 Å². The summed E-state index contributed by atoms with van der Waals surface area (Å²) in [6, 6.07) is 18.6. The summed E-state index contributed by atoms with van der Waals surface area (Å²) in [6.07, 6.45) is 0.656. The molecule has 1 fully saturated rings. The van der Waals surface area contributed by atoms with E-state index < -0.39 is 10.0 Å². The van der Waals surface area contributed by atoms with Crippen LogP contribution in [0, 0.1) is 6.92 Å². The number of sulfonamides is 1. The summed E-state index contributed by atoms with van der Waals surface area (Å²) in [6.45, 7) is 6.32. The molecule has 0 bridgehead atoms. The molecule has 174 valence electrons. The second-order valence-electron chi connectivity index (χ2n) is 8.25. The molecular formula is C25H29N3O3S2. The van der Waals surface area contributed by atoms with Crippen LogP contribution in [0.2, 0.25) is 0 Å². The van der Waals surface area contributed by atoms with E-state index in [1.807, 2.05) is 28.5 Å². The maximum Gasteiger partial charge on any atom is 0.253 e. The maximum absolute atomic E-state index is 12.9. The first-order valence-electron chi connectivity index (χ1n) is 11.1. The summed E-state index contributed by atoms with van der Waals surface area (Å²) in [5, 5.41) is 1.98. The minimum absolute atomic E-state index is 0.0554. The van der Waals surface area contributed by atoms with Crippen molar-refractivity contribution in [2.75, 3.05) is 32.7 Å². The lowest BCUT2D eigenvalue weighted by molar-refractivity contribution is 0.0628. The number of aryl methyl sites for hydroxylation is 1. The summed E-state index contributed by atoms with van der Waals surface area (Å²) in [4.78, 5) is 18.4. The molecule has 1 saturated heterocycles. The molecule has 1 aromatic heterocycles. The van der Waals surface area contributed by atoms with E-state index >= 15 is 0 Å². The van der Waals surface area contributed by atoms with Crippen LogP contribution >= 0.6 is 11.3 Å². The highest BCUT2D eigenvalue weighted by molar-refractivity contribution is 7.89. The lowest BCUT2D eigenvalue weighted by Gasteiger charge is -2.35. The van der Waals surface area contributed by atoms with Crippen molar-refractivity contribution in [3.8, 4) is 0 Å². The Morgan fingerprint density at radius 1 is 0.970 bits per heavy atom. The zero-order valence-electron chi connectivity index (χ0n) is 18.7. The Balaban J connectivity index is 1.29. The van der Waals surface area contributed by atoms with E-state index in [4.69, 9.17) is 0 Å². The highest BCUT2D eigenvalue weighted by Gasteiger charge is 2.23. The number of hydrogen-bond acceptors (Lipinski definition) is 5. The average Bonchev–Trinajstić information content (AvgIpc) is 3.34. The van der Waals surface area contributed by atoms with E-state index in [0.29, 0.717) is 31.6 Å². The number of piperazine rings is 1. The Kier molecular flexibility index (Phi) is 7.60. The Morgan fingerprint density at radius 2 is 1.70 bits per heavy atom. The minimum atomic E-state index is -3.60. The first-order chi connectivity index (χ1) is 15.9. The smallest absolute Gasteiger partial charge is 0.253 e. The molecule has 0 atom stereocenters. The molecule has 2 heterocycles. The van der Waals surface area contributed by atoms with Gasteiger partial charge in [-0.2, -0.15) is 0 Å². The summed E-state index contributed by atoms with van der Waals surface area (Å²) in [5.41, 5.74) is 3.12. The molecule has 6 nitrogen and oxygen atoms in total. The van der Waals surface area contributed by atoms with Crippen LogP contribution in [0.4, 0.5) is 0 Å². The van der Waals surface area contributed by atoms with Crippen LogP contribution in [0.1, 0.15) is 26.4 Å². The van der Waals surface area contributed by atoms with Gasteiger partial charge in [-0.05, 0) is 60.2 Å². The number of benzene rings is 2. The second kappa shape index (κ2) is 10.6. The van der Waals surface area contributed by atoms with Crippen molar-refractivity contribution in [3.63, 3.8) is 0 Å². The number of carbonyl (C=O) groups is 1. The summed E-state index contributed by atoms with van der Waals surface area (Å²) < 4.78 is 27.7. The van der Waals surface area contributed by atoms with Gasteiger partial charge in [0.2, 0.25) is 10.0 Å². The van der Waals surface area contributed by atoms with Crippen LogP contribution < -0.4 is 4.72 Å². The van der Waals surface area contributed by atoms with Crippen LogP contribution in [0.15, 0.2) is 70.9 Å². The maximum atomic E-state index is 12.9. The van der Waals surface area contributed by atoms with Gasteiger partial charge in [-0.3, -0.25) is 9.69 Å². The van der Waals surface area contributed by atoms with Crippen LogP contribution in [-0.4, -0.2) is 56.8 Å². The number of rotatable bonds is 8. The molecule has 1 aliphatic heterocycles. The summed E-state index contributed by atoms with van der Waals surface area (Å²) in [5.74, 6) is -0.0554. The van der Waals surface area contributed by atoms with Gasteiger partial charge in [0.1, 0.15) is 0 Å². The molecular weight excluding hydrogens is 454 g/mol. The quantitative estimate of drug-likeness (QED) is 0.532. The fourth-order valence-electron chi connectivity index (χ4n) is 3.94. The van der Waals surface area contributed by atoms with Crippen LogP contribution in [0.5, 0.6) is 0 Å². The van der Waals surface area contributed by atoms with Crippen molar-refractivity contribution >= 4 is 27.3 Å². The molecule has 0 spiro atoms. The first kappa shape index (κ1) is 23.6. The van der Waals surface area contributed by atoms with Crippen molar-refractivity contribution < 1.29 is 13.2 Å². The molecule has 1 N–H and O–H groups in total. The van der Waals surface area contributed by atoms with Crippen LogP contribution in [-0.2, 0) is 23.0 Å². The van der Waals surface area contributed by atoms with Crippen molar-refractivity contribution in [3.05, 3.63) is 87.6 Å². The first-order valence-corrected chi connectivity index (χ1v) is 13.5. The molecule has 8 heteroatoms. The molecule has 0 radical (unpaired) electrons. The van der Waals surface area contributed by atoms with Crippen LogP contribution in [0.3, 0.4) is 0 Å². The lowest BCUT2D eigenvalue weighted by atomic mass is 10.1. The minimum Gasteiger partial charge on any atom is -0.336 e. The van der Waals surface area contributed by atoms with Gasteiger partial charge < -0.3 is 4.90 Å². The van der Waals surface area contributed by atoms with Crippen molar-refractivity contribution in [2.24, 2.45) is 0 Å². The normalized spacial score (nSPS) is 15.0. The van der Waals surface area contributed by atoms with Gasteiger partial charge in [-0.15, -0.1) is 11.3 Å². The highest BCUT2D eigenvalue weighted by Crippen LogP contribution is 2.16. The zero-order valence-corrected chi connectivity index (χ0v) is 20.4. The Hall–Kier alpha value is -2.52. The zero-order chi connectivity index (χ0) is 23.3. The van der Waals surface area contributed by atoms with Gasteiger partial charge in [0.25, 0.3) is 5.91 Å². The van der Waals surface area contributed by atoms with Crippen molar-refractivity contribution in [2.45, 2.75) is 24.8 Å². The van der Waals surface area contributed by atoms with Crippen molar-refractivity contribution in [1.82, 2.24) is 14.5 Å². The fourth-order valence-corrected chi connectivity index (χ4v) is 5.68. The van der Waals surface area contributed by atoms with E-state index in [-0.39, 0.29) is 10.8 Å². The van der Waals surface area contributed by atoms with Gasteiger partial charge in [0.05, 0.1) is 4.90 Å². The molecule has 2 aromatic carbocycles. The molecule has 3 aromatic rings. The third-order valence-electron chi connectivity index (χ3n) is 5.97. The number of thiophene rings is 1. The largest absolute Gasteiger partial charge is 0.336 e. The molecule has 4 rings (SSSR count). The second-order valence-corrected chi connectivity index (χ2v) is 11.0. The van der Waals surface area contributed by atoms with Gasteiger partial charge >= 0.3 is 0 Å². The predicted molar refractivity (Wildman–Crippen MR) is 132 cm³/mol. The number of amides is 1. The molecule has 1 amide bonds. The highest BCUT2D eigenvalue weighted by atomic mass is 32.2. The van der Waals surface area contributed by atoms with Crippen LogP contribution in [0.25, 0.3) is 0 Å². The van der Waals surface area contributed by atoms with Gasteiger partial charge in [0, 0.05) is 49.7 Å². The third kappa shape index (κ3) is 6.09. The Morgan fingerprint density at radius 3 is 2.36 bits per heavy atom. The van der Waals surface area contributed by atoms with E-state index in [9.17, 15) is 13.2 Å². The lowest BCUT2D eigenvalue weighted by Crippen LogP contribution is -2.48. The van der Waals surface area contributed by atoms with Crippen molar-refractivity contribution in [1.29, 1.82) is 0 Å². The SMILES string of the molecule is Cc1ccccc1CN1CCN(C(=O)c2ccc(S(=O)(=O)NCCc3cccs3)cc2)CC1. The summed E-state index contributed by atoms with van der Waals surface area (Å²) in [7, 11) is -3.60. The standard InChI is InChI=1S/C25H29N3O3S2/c1-20-5-2-3-6-22(20)19-27-14-16-28(17-15-27)25(29)21-8-10-24(11-9-21)33(30,31)26-13-12-23-7-4-18-32-23/h2-11,18,26H,12-17,19H2,1H3. The number of nitrogens with one attached hydrogen (secondary N) is 1. The number of nitrogens with zero attached hydrogens (tertiary/aromatic N) is 2. The topological polar surface area (TPSA) is 69.7 Å². The molecule has 0 unspecified atom stereocenters. The predicted octanol–water partition coefficient (Wildman–Crippen LogP) is 3.54. The molecule has 33 heavy (non-hydrogen) atoms. The van der Waals surface area contributed by atoms with E-state index in [2.05, 4.69) is 34.7 Å². The monoisotopic (exact) mass is 483 g/mol. The van der Waals surface area contributed by atoms with E-state index in [1.165, 1.54) is 23.3 Å². The Labute approximate surface area is 199 Å². The number of hydrogen-bond donors (Lipinski definition) is 1. The van der Waals surface area contributed by atoms with Gasteiger partial charge in [-0.25, -0.2) is 13.1 Å². The van der Waals surface area contributed by atoms with E-state index in [0.717, 1.165) is 24.5 Å². The van der Waals surface area contributed by atoms with Gasteiger partial charge in [-0.1, -0.05) is 30.3 Å². The Bertz CT molecular complexity index is 1170. The average molecular weight is 484 g/mol. The molecule has 0 aliphatic carbocycles. The molecule has 1 aliphatic rings. The van der Waals surface area contributed by atoms with Gasteiger partial charge in [0.15, 0.2) is 0 Å². The fraction of sp³-hybridized carbons (Fsp3) is 0.320.